The van der Waals surface area contributed by atoms with Crippen molar-refractivity contribution in [1.29, 1.82) is 0 Å². The third kappa shape index (κ3) is 7.82. The molecule has 0 radical (unpaired) electrons. The smallest absolute Gasteiger partial charge is 0.316 e. The Bertz CT molecular complexity index is 1210. The lowest BCUT2D eigenvalue weighted by molar-refractivity contribution is -0.145. The highest BCUT2D eigenvalue weighted by molar-refractivity contribution is 6.38. The maximum Gasteiger partial charge on any atom is 0.316 e. The van der Waals surface area contributed by atoms with Crippen LogP contribution in [-0.2, 0) is 24.0 Å². The maximum atomic E-state index is 14.3. The number of urea groups is 1. The van der Waals surface area contributed by atoms with Crippen LogP contribution >= 0.6 is 0 Å². The molecule has 3 aliphatic carbocycles. The first-order valence-corrected chi connectivity index (χ1v) is 17.3. The summed E-state index contributed by atoms with van der Waals surface area (Å²) in [6.07, 6.45) is 9.01. The van der Waals surface area contributed by atoms with Crippen LogP contribution in [0.25, 0.3) is 0 Å². The number of fused-ring (bicyclic) bond motifs is 1. The third-order valence-corrected chi connectivity index (χ3v) is 10.7. The van der Waals surface area contributed by atoms with Gasteiger partial charge < -0.3 is 26.2 Å². The Morgan fingerprint density at radius 1 is 0.957 bits per heavy atom. The van der Waals surface area contributed by atoms with E-state index < -0.39 is 53.2 Å². The molecule has 1 aliphatic heterocycles. The molecule has 2 unspecified atom stereocenters. The van der Waals surface area contributed by atoms with Crippen molar-refractivity contribution >= 4 is 35.3 Å². The Kier molecular flexibility index (Phi) is 11.0. The summed E-state index contributed by atoms with van der Waals surface area (Å²) in [6, 6.07) is -3.97. The number of likely N-dealkylation sites (tertiary alicyclic amines) is 1. The highest BCUT2D eigenvalue weighted by atomic mass is 16.2. The van der Waals surface area contributed by atoms with Gasteiger partial charge in [0, 0.05) is 19.0 Å². The first-order valence-electron chi connectivity index (χ1n) is 17.3. The molecule has 0 aromatic carbocycles. The van der Waals surface area contributed by atoms with E-state index in [1.807, 2.05) is 27.7 Å². The summed E-state index contributed by atoms with van der Waals surface area (Å²) in [5.74, 6) is -2.23. The second-order valence-electron chi connectivity index (χ2n) is 15.6. The van der Waals surface area contributed by atoms with Gasteiger partial charge in [0.2, 0.25) is 17.6 Å². The average Bonchev–Trinajstić information content (AvgIpc) is 3.89. The van der Waals surface area contributed by atoms with Crippen molar-refractivity contribution in [2.24, 2.45) is 34.5 Å². The molecular formula is C35H55N5O6. The van der Waals surface area contributed by atoms with Gasteiger partial charge in [-0.1, -0.05) is 73.3 Å². The van der Waals surface area contributed by atoms with Crippen molar-refractivity contribution in [3.8, 4) is 0 Å². The highest BCUT2D eigenvalue weighted by Gasteiger charge is 2.70. The van der Waals surface area contributed by atoms with Gasteiger partial charge in [-0.2, -0.15) is 0 Å². The van der Waals surface area contributed by atoms with Gasteiger partial charge in [-0.25, -0.2) is 4.79 Å². The van der Waals surface area contributed by atoms with E-state index in [-0.39, 0.29) is 53.7 Å². The van der Waals surface area contributed by atoms with Crippen LogP contribution < -0.4 is 21.3 Å². The number of piperidine rings is 1. The minimum absolute atomic E-state index is 0.00250. The SMILES string of the molecule is C=CCNC(=O)C(=O)C(CCC)NC(=O)[C@@H]1C2[C@H](CN1C(=O)[C@@H](NC(=O)N[C@H](C(=O)C1CC1)C1CCCCC1)C(C)(C)C)C2(C)C. The number of Topliss-reactive ketones (excluding diaryl/α,β-unsaturated/α-hetero) is 2. The van der Waals surface area contributed by atoms with Crippen LogP contribution in [0, 0.1) is 34.5 Å². The molecule has 11 nitrogen and oxygen atoms in total. The number of carbonyl (C=O) groups excluding carboxylic acids is 6. The van der Waals surface area contributed by atoms with Gasteiger partial charge in [0.25, 0.3) is 5.91 Å². The Balaban J connectivity index is 1.51. The molecule has 1 saturated heterocycles. The highest BCUT2D eigenvalue weighted by Crippen LogP contribution is 2.65. The minimum atomic E-state index is -1.02. The minimum Gasteiger partial charge on any atom is -0.346 e. The van der Waals surface area contributed by atoms with Crippen LogP contribution in [0.4, 0.5) is 4.79 Å². The molecule has 5 amide bonds. The van der Waals surface area contributed by atoms with E-state index in [0.29, 0.717) is 13.0 Å². The zero-order valence-corrected chi connectivity index (χ0v) is 28.6. The fourth-order valence-corrected chi connectivity index (χ4v) is 7.68. The number of nitrogens with zero attached hydrogens (tertiary/aromatic N) is 1. The lowest BCUT2D eigenvalue weighted by atomic mass is 9.81. The summed E-state index contributed by atoms with van der Waals surface area (Å²) in [5.41, 5.74) is -0.884. The lowest BCUT2D eigenvalue weighted by Gasteiger charge is -2.38. The zero-order valence-electron chi connectivity index (χ0n) is 28.6. The number of rotatable bonds is 14. The first kappa shape index (κ1) is 35.6. The Hall–Kier alpha value is -3.24. The van der Waals surface area contributed by atoms with Crippen LogP contribution in [0.5, 0.6) is 0 Å². The summed E-state index contributed by atoms with van der Waals surface area (Å²) in [7, 11) is 0. The predicted octanol–water partition coefficient (Wildman–Crippen LogP) is 3.27. The summed E-state index contributed by atoms with van der Waals surface area (Å²) in [4.78, 5) is 82.0. The van der Waals surface area contributed by atoms with E-state index in [1.165, 1.54) is 6.08 Å². The van der Waals surface area contributed by atoms with Gasteiger partial charge in [0.05, 0.1) is 12.1 Å². The number of hydrogen-bond acceptors (Lipinski definition) is 6. The van der Waals surface area contributed by atoms with Crippen molar-refractivity contribution < 1.29 is 28.8 Å². The van der Waals surface area contributed by atoms with Crippen LogP contribution in [-0.4, -0.2) is 77.5 Å². The monoisotopic (exact) mass is 641 g/mol. The number of carbonyl (C=O) groups is 6. The molecule has 4 aliphatic rings. The van der Waals surface area contributed by atoms with Crippen LogP contribution in [0.1, 0.15) is 99.3 Å². The fourth-order valence-electron chi connectivity index (χ4n) is 7.68. The van der Waals surface area contributed by atoms with Gasteiger partial charge in [0.1, 0.15) is 12.1 Å². The van der Waals surface area contributed by atoms with E-state index >= 15 is 0 Å². The summed E-state index contributed by atoms with van der Waals surface area (Å²) < 4.78 is 0. The van der Waals surface area contributed by atoms with Crippen LogP contribution in [0.3, 0.4) is 0 Å². The molecule has 256 valence electrons. The van der Waals surface area contributed by atoms with Gasteiger partial charge in [-0.15, -0.1) is 6.58 Å². The molecule has 4 fully saturated rings. The average molecular weight is 642 g/mol. The quantitative estimate of drug-likeness (QED) is 0.169. The Labute approximate surface area is 273 Å². The molecular weight excluding hydrogens is 586 g/mol. The van der Waals surface area contributed by atoms with E-state index in [0.717, 1.165) is 44.9 Å². The number of hydrogen-bond donors (Lipinski definition) is 4. The van der Waals surface area contributed by atoms with Gasteiger partial charge in [-0.3, -0.25) is 24.0 Å². The molecule has 4 N–H and O–H groups in total. The predicted molar refractivity (Wildman–Crippen MR) is 174 cm³/mol. The summed E-state index contributed by atoms with van der Waals surface area (Å²) in [5, 5.41) is 11.1. The van der Waals surface area contributed by atoms with Gasteiger partial charge in [0.15, 0.2) is 5.78 Å². The normalized spacial score (nSPS) is 25.7. The largest absolute Gasteiger partial charge is 0.346 e. The van der Waals surface area contributed by atoms with Gasteiger partial charge in [-0.05, 0) is 60.7 Å². The molecule has 4 rings (SSSR count). The topological polar surface area (TPSA) is 154 Å². The van der Waals surface area contributed by atoms with Crippen LogP contribution in [0.15, 0.2) is 12.7 Å². The zero-order chi connectivity index (χ0) is 34.0. The molecule has 0 aromatic rings. The molecule has 6 atom stereocenters. The number of nitrogens with one attached hydrogen (secondary N) is 4. The Morgan fingerprint density at radius 2 is 1.61 bits per heavy atom. The fraction of sp³-hybridized carbons (Fsp3) is 0.771. The maximum absolute atomic E-state index is 14.3. The first-order chi connectivity index (χ1) is 21.6. The van der Waals surface area contributed by atoms with Crippen molar-refractivity contribution in [3.63, 3.8) is 0 Å². The second kappa shape index (κ2) is 14.3. The van der Waals surface area contributed by atoms with Crippen molar-refractivity contribution in [2.45, 2.75) is 123 Å². The molecule has 0 spiro atoms. The second-order valence-corrected chi connectivity index (χ2v) is 15.6. The Morgan fingerprint density at radius 3 is 2.17 bits per heavy atom. The number of ketones is 2. The molecule has 46 heavy (non-hydrogen) atoms. The molecule has 11 heteroatoms. The van der Waals surface area contributed by atoms with Gasteiger partial charge >= 0.3 is 6.03 Å². The standard InChI is InChI=1S/C35H55N5O6/c1-8-13-23(28(42)31(44)36-18-9-2)37-30(43)26-24-22(35(24,6)7)19-40(26)32(45)29(34(3,4)5)39-33(46)38-25(27(41)21-16-17-21)20-14-11-10-12-15-20/h9,20-26,29H,2,8,10-19H2,1,3-7H3,(H,36,44)(H,37,43)(H2,38,39,46)/t22-,23?,24?,25-,26-,29+/m0/s1. The van der Waals surface area contributed by atoms with Crippen molar-refractivity contribution in [2.75, 3.05) is 13.1 Å². The van der Waals surface area contributed by atoms with E-state index in [4.69, 9.17) is 0 Å². The third-order valence-electron chi connectivity index (χ3n) is 10.7. The van der Waals surface area contributed by atoms with Crippen LogP contribution in [0.2, 0.25) is 0 Å². The van der Waals surface area contributed by atoms with E-state index in [9.17, 15) is 28.8 Å². The van der Waals surface area contributed by atoms with Crippen molar-refractivity contribution in [3.05, 3.63) is 12.7 Å². The lowest BCUT2D eigenvalue weighted by Crippen LogP contribution is -2.62. The van der Waals surface area contributed by atoms with E-state index in [2.05, 4.69) is 41.7 Å². The number of amides is 5. The molecule has 3 saturated carbocycles. The van der Waals surface area contributed by atoms with E-state index in [1.54, 1.807) is 4.90 Å². The molecule has 0 aromatic heterocycles. The molecule has 0 bridgehead atoms. The van der Waals surface area contributed by atoms with Crippen molar-refractivity contribution in [1.82, 2.24) is 26.2 Å². The summed E-state index contributed by atoms with van der Waals surface area (Å²) >= 11 is 0. The molecule has 1 heterocycles. The summed E-state index contributed by atoms with van der Waals surface area (Å²) in [6.45, 7) is 15.6.